The van der Waals surface area contributed by atoms with Crippen LogP contribution in [0.3, 0.4) is 0 Å². The van der Waals surface area contributed by atoms with E-state index in [1.807, 2.05) is 0 Å². The van der Waals surface area contributed by atoms with E-state index in [9.17, 15) is 0 Å². The molecule has 6 atom stereocenters. The van der Waals surface area contributed by atoms with Gasteiger partial charge in [0, 0.05) is 6.61 Å². The standard InChI is InChI=1S/C11H16O5/c1-2-4-12-7(3-1)15-8-6-5-13-11(14-6)10-9(8)16-10/h6-11H,1-5H2/t6?,7?,8-,9-,10?,11-/m0/s1. The number of ether oxygens (including phenoxy) is 5. The first kappa shape index (κ1) is 9.79. The predicted octanol–water partition coefficient (Wildman–Crippen LogP) is 0.421. The molecular formula is C11H16O5. The Kier molecular flexibility index (Phi) is 2.23. The van der Waals surface area contributed by atoms with Gasteiger partial charge in [-0.1, -0.05) is 0 Å². The number of hydrogen-bond donors (Lipinski definition) is 0. The van der Waals surface area contributed by atoms with Crippen LogP contribution in [-0.2, 0) is 23.7 Å². The molecule has 2 bridgehead atoms. The maximum atomic E-state index is 5.96. The predicted molar refractivity (Wildman–Crippen MR) is 51.7 cm³/mol. The van der Waals surface area contributed by atoms with Crippen LogP contribution in [0.15, 0.2) is 0 Å². The third kappa shape index (κ3) is 1.50. The minimum Gasteiger partial charge on any atom is -0.361 e. The molecule has 4 heterocycles. The Morgan fingerprint density at radius 1 is 1.00 bits per heavy atom. The van der Waals surface area contributed by atoms with Gasteiger partial charge in [0.25, 0.3) is 0 Å². The van der Waals surface area contributed by atoms with Gasteiger partial charge in [-0.3, -0.25) is 0 Å². The van der Waals surface area contributed by atoms with Crippen LogP contribution in [0.2, 0.25) is 0 Å². The van der Waals surface area contributed by atoms with Crippen LogP contribution >= 0.6 is 0 Å². The van der Waals surface area contributed by atoms with E-state index in [-0.39, 0.29) is 37.0 Å². The summed E-state index contributed by atoms with van der Waals surface area (Å²) in [7, 11) is 0. The lowest BCUT2D eigenvalue weighted by atomic mass is 10.1. The summed E-state index contributed by atoms with van der Waals surface area (Å²) in [6.07, 6.45) is 3.33. The zero-order chi connectivity index (χ0) is 10.5. The summed E-state index contributed by atoms with van der Waals surface area (Å²) < 4.78 is 28.2. The highest BCUT2D eigenvalue weighted by molar-refractivity contribution is 5.04. The van der Waals surface area contributed by atoms with Crippen molar-refractivity contribution in [2.24, 2.45) is 0 Å². The number of hydrogen-bond acceptors (Lipinski definition) is 5. The van der Waals surface area contributed by atoms with Crippen molar-refractivity contribution in [1.29, 1.82) is 0 Å². The first-order valence-electron chi connectivity index (χ1n) is 6.11. The molecule has 0 spiro atoms. The highest BCUT2D eigenvalue weighted by Crippen LogP contribution is 2.43. The molecule has 0 N–H and O–H groups in total. The molecule has 4 rings (SSSR count). The molecule has 16 heavy (non-hydrogen) atoms. The van der Waals surface area contributed by atoms with Crippen molar-refractivity contribution < 1.29 is 23.7 Å². The van der Waals surface area contributed by atoms with Gasteiger partial charge in [0.2, 0.25) is 0 Å². The van der Waals surface area contributed by atoms with Crippen molar-refractivity contribution >= 4 is 0 Å². The molecule has 0 aromatic rings. The molecule has 4 aliphatic rings. The van der Waals surface area contributed by atoms with Crippen molar-refractivity contribution in [3.63, 3.8) is 0 Å². The van der Waals surface area contributed by atoms with Crippen LogP contribution < -0.4 is 0 Å². The Morgan fingerprint density at radius 2 is 2.00 bits per heavy atom. The van der Waals surface area contributed by atoms with Crippen molar-refractivity contribution in [3.8, 4) is 0 Å². The summed E-state index contributed by atoms with van der Waals surface area (Å²) in [5.41, 5.74) is 0. The summed E-state index contributed by atoms with van der Waals surface area (Å²) in [5, 5.41) is 0. The van der Waals surface area contributed by atoms with Crippen molar-refractivity contribution in [2.75, 3.05) is 13.2 Å². The molecule has 5 heteroatoms. The minimum absolute atomic E-state index is 0.00755. The van der Waals surface area contributed by atoms with Crippen molar-refractivity contribution in [1.82, 2.24) is 0 Å². The average Bonchev–Trinajstić information content (AvgIpc) is 3.01. The summed E-state index contributed by atoms with van der Waals surface area (Å²) in [4.78, 5) is 0. The molecule has 4 fully saturated rings. The molecule has 0 aromatic carbocycles. The van der Waals surface area contributed by atoms with Gasteiger partial charge in [-0.05, 0) is 19.3 Å². The SMILES string of the molecule is C1CCC(O[C@H]2C3CO[C@@H](O3)C3O[C@H]32)OC1. The molecule has 0 aromatic heterocycles. The quantitative estimate of drug-likeness (QED) is 0.641. The van der Waals surface area contributed by atoms with Gasteiger partial charge >= 0.3 is 0 Å². The molecule has 0 saturated carbocycles. The topological polar surface area (TPSA) is 49.5 Å². The third-order valence-corrected chi connectivity index (χ3v) is 3.70. The Labute approximate surface area is 93.9 Å². The Hall–Kier alpha value is -0.200. The molecule has 4 aliphatic heterocycles. The van der Waals surface area contributed by atoms with E-state index in [4.69, 9.17) is 23.7 Å². The van der Waals surface area contributed by atoms with Gasteiger partial charge in [-0.15, -0.1) is 0 Å². The molecular weight excluding hydrogens is 212 g/mol. The van der Waals surface area contributed by atoms with Gasteiger partial charge in [-0.2, -0.15) is 0 Å². The zero-order valence-corrected chi connectivity index (χ0v) is 9.04. The summed E-state index contributed by atoms with van der Waals surface area (Å²) >= 11 is 0. The Balaban J connectivity index is 1.43. The van der Waals surface area contributed by atoms with Gasteiger partial charge < -0.3 is 23.7 Å². The minimum atomic E-state index is -0.151. The fourth-order valence-corrected chi connectivity index (χ4v) is 2.77. The number of fused-ring (bicyclic) bond motifs is 4. The van der Waals surface area contributed by atoms with Crippen LogP contribution in [0.4, 0.5) is 0 Å². The van der Waals surface area contributed by atoms with Crippen molar-refractivity contribution in [2.45, 2.75) is 56.3 Å². The molecule has 0 radical (unpaired) electrons. The zero-order valence-electron chi connectivity index (χ0n) is 9.04. The Bertz CT molecular complexity index is 278. The summed E-state index contributed by atoms with van der Waals surface area (Å²) in [6.45, 7) is 1.43. The normalized spacial score (nSPS) is 54.8. The number of epoxide rings is 1. The monoisotopic (exact) mass is 228 g/mol. The fraction of sp³-hybridized carbons (Fsp3) is 1.00. The molecule has 3 unspecified atom stereocenters. The van der Waals surface area contributed by atoms with E-state index in [1.165, 1.54) is 6.42 Å². The highest BCUT2D eigenvalue weighted by Gasteiger charge is 2.62. The summed E-state index contributed by atoms with van der Waals surface area (Å²) in [6, 6.07) is 0. The average molecular weight is 228 g/mol. The van der Waals surface area contributed by atoms with Gasteiger partial charge in [0.15, 0.2) is 12.6 Å². The van der Waals surface area contributed by atoms with Crippen LogP contribution in [0.25, 0.3) is 0 Å². The molecule has 5 nitrogen and oxygen atoms in total. The summed E-state index contributed by atoms with van der Waals surface area (Å²) in [5.74, 6) is 0. The fourth-order valence-electron chi connectivity index (χ4n) is 2.77. The second-order valence-electron chi connectivity index (χ2n) is 4.84. The highest BCUT2D eigenvalue weighted by atomic mass is 16.8. The van der Waals surface area contributed by atoms with Crippen LogP contribution in [0.5, 0.6) is 0 Å². The molecule has 90 valence electrons. The second-order valence-corrected chi connectivity index (χ2v) is 4.84. The van der Waals surface area contributed by atoms with Crippen LogP contribution in [0, 0.1) is 0 Å². The maximum Gasteiger partial charge on any atom is 0.187 e. The van der Waals surface area contributed by atoms with Crippen molar-refractivity contribution in [3.05, 3.63) is 0 Å². The Morgan fingerprint density at radius 3 is 2.88 bits per heavy atom. The lowest BCUT2D eigenvalue weighted by Crippen LogP contribution is -2.44. The third-order valence-electron chi connectivity index (χ3n) is 3.70. The smallest absolute Gasteiger partial charge is 0.187 e. The van der Waals surface area contributed by atoms with E-state index < -0.39 is 0 Å². The van der Waals surface area contributed by atoms with E-state index in [1.54, 1.807) is 0 Å². The van der Waals surface area contributed by atoms with E-state index in [0.29, 0.717) is 6.61 Å². The molecule has 4 saturated heterocycles. The van der Waals surface area contributed by atoms with E-state index in [0.717, 1.165) is 19.4 Å². The van der Waals surface area contributed by atoms with Gasteiger partial charge in [-0.25, -0.2) is 0 Å². The molecule has 0 amide bonds. The van der Waals surface area contributed by atoms with Crippen LogP contribution in [0.1, 0.15) is 19.3 Å². The van der Waals surface area contributed by atoms with E-state index in [2.05, 4.69) is 0 Å². The van der Waals surface area contributed by atoms with E-state index >= 15 is 0 Å². The first-order valence-corrected chi connectivity index (χ1v) is 6.11. The molecule has 0 aliphatic carbocycles. The second kappa shape index (κ2) is 3.65. The van der Waals surface area contributed by atoms with Crippen LogP contribution in [-0.4, -0.2) is 50.2 Å². The lowest BCUT2D eigenvalue weighted by Gasteiger charge is -2.30. The lowest BCUT2D eigenvalue weighted by molar-refractivity contribution is -0.218. The first-order chi connectivity index (χ1) is 7.92. The maximum absolute atomic E-state index is 5.96. The van der Waals surface area contributed by atoms with Gasteiger partial charge in [0.05, 0.1) is 6.61 Å². The largest absolute Gasteiger partial charge is 0.361 e. The van der Waals surface area contributed by atoms with Gasteiger partial charge in [0.1, 0.15) is 24.4 Å². The number of rotatable bonds is 2.